The Morgan fingerprint density at radius 1 is 1.40 bits per heavy atom. The Hall–Kier alpha value is -1.30. The van der Waals surface area contributed by atoms with E-state index < -0.39 is 0 Å². The summed E-state index contributed by atoms with van der Waals surface area (Å²) in [4.78, 5) is 0. The van der Waals surface area contributed by atoms with E-state index in [1.54, 1.807) is 14.2 Å². The highest BCUT2D eigenvalue weighted by Crippen LogP contribution is 2.39. The molecule has 5 nitrogen and oxygen atoms in total. The summed E-state index contributed by atoms with van der Waals surface area (Å²) in [7, 11) is 3.32. The van der Waals surface area contributed by atoms with Crippen molar-refractivity contribution in [3.63, 3.8) is 0 Å². The molecule has 112 valence electrons. The summed E-state index contributed by atoms with van der Waals surface area (Å²) < 4.78 is 16.6. The number of hydrazine groups is 1. The van der Waals surface area contributed by atoms with E-state index in [9.17, 15) is 0 Å². The lowest BCUT2D eigenvalue weighted by Crippen LogP contribution is -2.37. The molecule has 1 aromatic rings. The van der Waals surface area contributed by atoms with E-state index >= 15 is 0 Å². The molecule has 0 aromatic heterocycles. The SMILES string of the molecule is CCC1OCCC1C(NN)c1cc(OC)ccc1OC. The number of nitrogens with two attached hydrogens (primary N) is 1. The lowest BCUT2D eigenvalue weighted by atomic mass is 9.86. The van der Waals surface area contributed by atoms with Gasteiger partial charge in [-0.2, -0.15) is 0 Å². The molecule has 1 fully saturated rings. The van der Waals surface area contributed by atoms with E-state index in [4.69, 9.17) is 20.1 Å². The Bertz CT molecular complexity index is 439. The molecule has 0 amide bonds. The lowest BCUT2D eigenvalue weighted by Gasteiger charge is -2.28. The molecule has 3 unspecified atom stereocenters. The van der Waals surface area contributed by atoms with Gasteiger partial charge in [0.1, 0.15) is 11.5 Å². The summed E-state index contributed by atoms with van der Waals surface area (Å²) >= 11 is 0. The summed E-state index contributed by atoms with van der Waals surface area (Å²) in [6.45, 7) is 2.92. The number of rotatable bonds is 6. The van der Waals surface area contributed by atoms with Gasteiger partial charge in [-0.05, 0) is 31.0 Å². The standard InChI is InChI=1S/C15H24N2O3/c1-4-13-11(7-8-20-13)15(17-16)12-9-10(18-2)5-6-14(12)19-3/h5-6,9,11,13,15,17H,4,7-8,16H2,1-3H3. The molecular formula is C15H24N2O3. The Kier molecular flexibility index (Phi) is 5.23. The molecule has 3 atom stereocenters. The van der Waals surface area contributed by atoms with Crippen molar-refractivity contribution in [2.45, 2.75) is 31.9 Å². The Labute approximate surface area is 120 Å². The summed E-state index contributed by atoms with van der Waals surface area (Å²) in [5.41, 5.74) is 3.95. The van der Waals surface area contributed by atoms with Crippen LogP contribution in [0, 0.1) is 5.92 Å². The van der Waals surface area contributed by atoms with Crippen molar-refractivity contribution in [3.05, 3.63) is 23.8 Å². The highest BCUT2D eigenvalue weighted by atomic mass is 16.5. The molecule has 3 N–H and O–H groups in total. The third-order valence-electron chi connectivity index (χ3n) is 4.04. The minimum atomic E-state index is -0.00694. The van der Waals surface area contributed by atoms with Gasteiger partial charge in [0, 0.05) is 18.1 Å². The van der Waals surface area contributed by atoms with Crippen LogP contribution in [-0.4, -0.2) is 26.9 Å². The third kappa shape index (κ3) is 2.90. The molecule has 0 spiro atoms. The molecule has 0 aliphatic carbocycles. The van der Waals surface area contributed by atoms with Crippen LogP contribution in [0.5, 0.6) is 11.5 Å². The van der Waals surface area contributed by atoms with Crippen molar-refractivity contribution in [2.75, 3.05) is 20.8 Å². The molecule has 1 aromatic carbocycles. The van der Waals surface area contributed by atoms with Crippen molar-refractivity contribution < 1.29 is 14.2 Å². The second-order valence-corrected chi connectivity index (χ2v) is 5.02. The first kappa shape index (κ1) is 15.1. The van der Waals surface area contributed by atoms with Gasteiger partial charge >= 0.3 is 0 Å². The van der Waals surface area contributed by atoms with E-state index in [-0.39, 0.29) is 12.1 Å². The summed E-state index contributed by atoms with van der Waals surface area (Å²) in [6.07, 6.45) is 2.20. The van der Waals surface area contributed by atoms with E-state index in [2.05, 4.69) is 12.3 Å². The zero-order valence-electron chi connectivity index (χ0n) is 12.4. The fourth-order valence-corrected chi connectivity index (χ4v) is 2.99. The van der Waals surface area contributed by atoms with Crippen LogP contribution in [0.1, 0.15) is 31.4 Å². The predicted molar refractivity (Wildman–Crippen MR) is 77.7 cm³/mol. The monoisotopic (exact) mass is 280 g/mol. The molecule has 1 heterocycles. The number of benzene rings is 1. The number of hydrogen-bond donors (Lipinski definition) is 2. The molecule has 20 heavy (non-hydrogen) atoms. The van der Waals surface area contributed by atoms with Gasteiger partial charge in [0.25, 0.3) is 0 Å². The normalized spacial score (nSPS) is 23.6. The average molecular weight is 280 g/mol. The van der Waals surface area contributed by atoms with Crippen LogP contribution < -0.4 is 20.7 Å². The fraction of sp³-hybridized carbons (Fsp3) is 0.600. The fourth-order valence-electron chi connectivity index (χ4n) is 2.99. The number of ether oxygens (including phenoxy) is 3. The highest BCUT2D eigenvalue weighted by molar-refractivity contribution is 5.42. The molecule has 0 bridgehead atoms. The van der Waals surface area contributed by atoms with E-state index in [0.29, 0.717) is 5.92 Å². The maximum absolute atomic E-state index is 5.81. The van der Waals surface area contributed by atoms with Crippen molar-refractivity contribution in [1.29, 1.82) is 0 Å². The molecule has 1 aliphatic heterocycles. The molecular weight excluding hydrogens is 256 g/mol. The second-order valence-electron chi connectivity index (χ2n) is 5.02. The van der Waals surface area contributed by atoms with Gasteiger partial charge in [-0.25, -0.2) is 0 Å². The summed E-state index contributed by atoms with van der Waals surface area (Å²) in [5.74, 6) is 7.77. The molecule has 0 saturated carbocycles. The first-order valence-electron chi connectivity index (χ1n) is 7.04. The van der Waals surface area contributed by atoms with Crippen LogP contribution in [0.2, 0.25) is 0 Å². The zero-order chi connectivity index (χ0) is 14.5. The molecule has 1 saturated heterocycles. The van der Waals surface area contributed by atoms with Gasteiger partial charge in [-0.15, -0.1) is 0 Å². The van der Waals surface area contributed by atoms with Gasteiger partial charge in [0.05, 0.1) is 26.4 Å². The molecule has 5 heteroatoms. The molecule has 0 radical (unpaired) electrons. The Morgan fingerprint density at radius 3 is 2.80 bits per heavy atom. The smallest absolute Gasteiger partial charge is 0.123 e. The maximum Gasteiger partial charge on any atom is 0.123 e. The summed E-state index contributed by atoms with van der Waals surface area (Å²) in [5, 5.41) is 0. The number of nitrogens with one attached hydrogen (secondary N) is 1. The average Bonchev–Trinajstić information content (AvgIpc) is 2.96. The van der Waals surface area contributed by atoms with Crippen LogP contribution in [-0.2, 0) is 4.74 Å². The largest absolute Gasteiger partial charge is 0.497 e. The van der Waals surface area contributed by atoms with Crippen molar-refractivity contribution in [1.82, 2.24) is 5.43 Å². The van der Waals surface area contributed by atoms with Crippen molar-refractivity contribution >= 4 is 0 Å². The lowest BCUT2D eigenvalue weighted by molar-refractivity contribution is 0.0771. The van der Waals surface area contributed by atoms with Gasteiger partial charge in [-0.3, -0.25) is 11.3 Å². The second kappa shape index (κ2) is 6.92. The maximum atomic E-state index is 5.81. The summed E-state index contributed by atoms with van der Waals surface area (Å²) in [6, 6.07) is 5.77. The van der Waals surface area contributed by atoms with Gasteiger partial charge in [-0.1, -0.05) is 6.92 Å². The van der Waals surface area contributed by atoms with Crippen LogP contribution >= 0.6 is 0 Å². The quantitative estimate of drug-likeness (QED) is 0.616. The number of methoxy groups -OCH3 is 2. The van der Waals surface area contributed by atoms with Gasteiger partial charge < -0.3 is 14.2 Å². The minimum absolute atomic E-state index is 0.00694. The van der Waals surface area contributed by atoms with Gasteiger partial charge in [0.15, 0.2) is 0 Å². The first-order chi connectivity index (χ1) is 9.74. The zero-order valence-corrected chi connectivity index (χ0v) is 12.4. The van der Waals surface area contributed by atoms with Crippen molar-refractivity contribution in [3.8, 4) is 11.5 Å². The highest BCUT2D eigenvalue weighted by Gasteiger charge is 2.35. The van der Waals surface area contributed by atoms with Gasteiger partial charge in [0.2, 0.25) is 0 Å². The number of hydrogen-bond acceptors (Lipinski definition) is 5. The molecule has 1 aliphatic rings. The first-order valence-corrected chi connectivity index (χ1v) is 7.04. The predicted octanol–water partition coefficient (Wildman–Crippen LogP) is 2.02. The van der Waals surface area contributed by atoms with E-state index in [1.807, 2.05) is 18.2 Å². The van der Waals surface area contributed by atoms with Crippen LogP contribution in [0.15, 0.2) is 18.2 Å². The topological polar surface area (TPSA) is 65.7 Å². The van der Waals surface area contributed by atoms with E-state index in [1.165, 1.54) is 0 Å². The van der Waals surface area contributed by atoms with Crippen LogP contribution in [0.25, 0.3) is 0 Å². The third-order valence-corrected chi connectivity index (χ3v) is 4.04. The van der Waals surface area contributed by atoms with E-state index in [0.717, 1.165) is 36.5 Å². The van der Waals surface area contributed by atoms with Crippen molar-refractivity contribution in [2.24, 2.45) is 11.8 Å². The Balaban J connectivity index is 2.34. The van der Waals surface area contributed by atoms with Crippen LogP contribution in [0.3, 0.4) is 0 Å². The van der Waals surface area contributed by atoms with Crippen LogP contribution in [0.4, 0.5) is 0 Å². The Morgan fingerprint density at radius 2 is 2.20 bits per heavy atom. The minimum Gasteiger partial charge on any atom is -0.497 e. The molecule has 2 rings (SSSR count).